The standard InChI is InChI=1S/C19H15I2NO6/c20-8-4-9(21)15(24)13-7(8)2-5-1-6-3-10(23)14(19(22)28)18(27)12(6)16(25)11(5)17(13)26/h4-6,12,24,26-27H,1-3H2,(H2,22,28)/t5-,6+,12?/m1/s1. The average Bonchev–Trinajstić information content (AvgIpc) is 2.58. The van der Waals surface area contributed by atoms with Gasteiger partial charge in [-0.15, -0.1) is 0 Å². The Morgan fingerprint density at radius 1 is 1.11 bits per heavy atom. The van der Waals surface area contributed by atoms with Gasteiger partial charge in [0.25, 0.3) is 5.91 Å². The minimum Gasteiger partial charge on any atom is -0.511 e. The number of aliphatic hydroxyl groups excluding tert-OH is 2. The van der Waals surface area contributed by atoms with E-state index in [1.165, 1.54) is 0 Å². The van der Waals surface area contributed by atoms with Gasteiger partial charge in [0.05, 0.1) is 15.1 Å². The number of hydrogen-bond donors (Lipinski definition) is 4. The summed E-state index contributed by atoms with van der Waals surface area (Å²) in [7, 11) is 0. The van der Waals surface area contributed by atoms with Crippen molar-refractivity contribution in [2.75, 3.05) is 0 Å². The number of halogens is 2. The van der Waals surface area contributed by atoms with Gasteiger partial charge in [0.2, 0.25) is 0 Å². The van der Waals surface area contributed by atoms with Gasteiger partial charge < -0.3 is 21.1 Å². The molecule has 1 saturated carbocycles. The summed E-state index contributed by atoms with van der Waals surface area (Å²) >= 11 is 4.08. The molecule has 0 bridgehead atoms. The number of allylic oxidation sites excluding steroid dienone is 2. The number of ketones is 2. The Hall–Kier alpha value is -1.63. The Morgan fingerprint density at radius 2 is 1.79 bits per heavy atom. The SMILES string of the molecule is NC(=O)C1=C(O)C2C(=O)C3=C(O)c4c(O)c(I)cc(I)c4C[C@H]3C[C@H]2CC1=O. The summed E-state index contributed by atoms with van der Waals surface area (Å²) in [6.07, 6.45) is 0.791. The summed E-state index contributed by atoms with van der Waals surface area (Å²) in [5.74, 6) is -5.02. The molecule has 0 aliphatic heterocycles. The van der Waals surface area contributed by atoms with E-state index in [-0.39, 0.29) is 35.0 Å². The minimum absolute atomic E-state index is 0.0504. The van der Waals surface area contributed by atoms with Gasteiger partial charge in [-0.25, -0.2) is 0 Å². The zero-order chi connectivity index (χ0) is 20.5. The monoisotopic (exact) mass is 607 g/mol. The second-order valence-corrected chi connectivity index (χ2v) is 9.62. The highest BCUT2D eigenvalue weighted by atomic mass is 127. The van der Waals surface area contributed by atoms with E-state index >= 15 is 0 Å². The normalized spacial score (nSPS) is 26.7. The van der Waals surface area contributed by atoms with Gasteiger partial charge in [-0.1, -0.05) is 0 Å². The number of phenols is 1. The number of aliphatic hydroxyl groups is 2. The largest absolute Gasteiger partial charge is 0.511 e. The third-order valence-corrected chi connectivity index (χ3v) is 7.57. The Labute approximate surface area is 187 Å². The van der Waals surface area contributed by atoms with Gasteiger partial charge in [-0.05, 0) is 81.5 Å². The molecule has 0 radical (unpaired) electrons. The summed E-state index contributed by atoms with van der Waals surface area (Å²) in [5.41, 5.74) is 5.80. The van der Waals surface area contributed by atoms with Crippen molar-refractivity contribution in [1.82, 2.24) is 0 Å². The second-order valence-electron chi connectivity index (χ2n) is 7.30. The number of Topliss-reactive ketones (excluding diaryl/α,β-unsaturated/α-hetero) is 2. The Morgan fingerprint density at radius 3 is 2.43 bits per heavy atom. The van der Waals surface area contributed by atoms with E-state index in [0.717, 1.165) is 9.13 Å². The first-order valence-corrected chi connectivity index (χ1v) is 10.7. The average molecular weight is 607 g/mol. The van der Waals surface area contributed by atoms with Crippen molar-refractivity contribution in [1.29, 1.82) is 0 Å². The molecule has 3 atom stereocenters. The van der Waals surface area contributed by atoms with E-state index in [4.69, 9.17) is 5.73 Å². The predicted molar refractivity (Wildman–Crippen MR) is 115 cm³/mol. The lowest BCUT2D eigenvalue weighted by molar-refractivity contribution is -0.127. The maximum absolute atomic E-state index is 13.2. The Bertz CT molecular complexity index is 1040. The Kier molecular flexibility index (Phi) is 4.72. The maximum Gasteiger partial charge on any atom is 0.255 e. The van der Waals surface area contributed by atoms with Crippen molar-refractivity contribution < 1.29 is 29.7 Å². The van der Waals surface area contributed by atoms with E-state index in [2.05, 4.69) is 22.6 Å². The molecule has 9 heteroatoms. The van der Waals surface area contributed by atoms with Crippen LogP contribution in [0.2, 0.25) is 0 Å². The number of fused-ring (bicyclic) bond motifs is 3. The van der Waals surface area contributed by atoms with Crippen LogP contribution in [0, 0.1) is 24.9 Å². The maximum atomic E-state index is 13.2. The van der Waals surface area contributed by atoms with Gasteiger partial charge >= 0.3 is 0 Å². The number of primary amides is 1. The molecule has 3 aliphatic carbocycles. The Balaban J connectivity index is 1.91. The molecule has 5 N–H and O–H groups in total. The summed E-state index contributed by atoms with van der Waals surface area (Å²) in [6.45, 7) is 0. The number of carbonyl (C=O) groups excluding carboxylic acids is 3. The lowest BCUT2D eigenvalue weighted by atomic mass is 9.61. The van der Waals surface area contributed by atoms with Crippen LogP contribution < -0.4 is 5.73 Å². The van der Waals surface area contributed by atoms with Crippen LogP contribution in [0.4, 0.5) is 0 Å². The predicted octanol–water partition coefficient (Wildman–Crippen LogP) is 2.52. The summed E-state index contributed by atoms with van der Waals surface area (Å²) in [4.78, 5) is 37.0. The molecule has 0 heterocycles. The summed E-state index contributed by atoms with van der Waals surface area (Å²) in [5, 5.41) is 31.8. The molecule has 28 heavy (non-hydrogen) atoms. The number of amides is 1. The molecule has 0 aromatic heterocycles. The fourth-order valence-electron chi connectivity index (χ4n) is 4.63. The molecule has 146 valence electrons. The van der Waals surface area contributed by atoms with Gasteiger partial charge in [-0.3, -0.25) is 14.4 Å². The van der Waals surface area contributed by atoms with Crippen molar-refractivity contribution in [3.63, 3.8) is 0 Å². The topological polar surface area (TPSA) is 138 Å². The molecule has 0 spiro atoms. The number of benzene rings is 1. The number of aromatic hydroxyl groups is 1. The van der Waals surface area contributed by atoms with Gasteiger partial charge in [0.15, 0.2) is 11.6 Å². The van der Waals surface area contributed by atoms with Crippen LogP contribution in [-0.4, -0.2) is 32.8 Å². The first kappa shape index (κ1) is 19.7. The van der Waals surface area contributed by atoms with Crippen molar-refractivity contribution in [2.24, 2.45) is 23.5 Å². The third-order valence-electron chi connectivity index (χ3n) is 5.79. The van der Waals surface area contributed by atoms with Crippen LogP contribution in [0.3, 0.4) is 0 Å². The molecule has 1 aromatic rings. The number of phenolic OH excluding ortho intramolecular Hbond substituents is 1. The molecule has 0 saturated heterocycles. The molecular formula is C19H15I2NO6. The number of nitrogens with two attached hydrogens (primary N) is 1. The first-order valence-electron chi connectivity index (χ1n) is 8.57. The zero-order valence-corrected chi connectivity index (χ0v) is 18.6. The van der Waals surface area contributed by atoms with E-state index in [1.54, 1.807) is 6.07 Å². The molecule has 4 rings (SSSR count). The fraction of sp³-hybridized carbons (Fsp3) is 0.316. The van der Waals surface area contributed by atoms with Gasteiger partial charge in [-0.2, -0.15) is 0 Å². The van der Waals surface area contributed by atoms with Crippen LogP contribution >= 0.6 is 45.2 Å². The lowest BCUT2D eigenvalue weighted by Crippen LogP contribution is -2.44. The van der Waals surface area contributed by atoms with Gasteiger partial charge in [0, 0.05) is 15.6 Å². The van der Waals surface area contributed by atoms with Crippen LogP contribution in [0.25, 0.3) is 5.76 Å². The number of rotatable bonds is 1. The fourth-order valence-corrected chi connectivity index (χ4v) is 6.61. The van der Waals surface area contributed by atoms with Crippen LogP contribution in [-0.2, 0) is 20.8 Å². The first-order chi connectivity index (χ1) is 13.1. The van der Waals surface area contributed by atoms with Crippen LogP contribution in [0.15, 0.2) is 23.0 Å². The molecule has 1 aromatic carbocycles. The smallest absolute Gasteiger partial charge is 0.255 e. The number of hydrogen-bond acceptors (Lipinski definition) is 6. The van der Waals surface area contributed by atoms with E-state index < -0.39 is 40.6 Å². The van der Waals surface area contributed by atoms with Crippen molar-refractivity contribution in [3.8, 4) is 5.75 Å². The zero-order valence-electron chi connectivity index (χ0n) is 14.3. The molecule has 7 nitrogen and oxygen atoms in total. The number of carbonyl (C=O) groups is 3. The molecule has 1 amide bonds. The molecular weight excluding hydrogens is 592 g/mol. The molecule has 3 aliphatic rings. The van der Waals surface area contributed by atoms with E-state index in [9.17, 15) is 29.7 Å². The van der Waals surface area contributed by atoms with Crippen molar-refractivity contribution >= 4 is 68.4 Å². The van der Waals surface area contributed by atoms with Crippen molar-refractivity contribution in [3.05, 3.63) is 41.2 Å². The minimum atomic E-state index is -1.08. The van der Waals surface area contributed by atoms with E-state index in [1.807, 2.05) is 22.6 Å². The van der Waals surface area contributed by atoms with Crippen LogP contribution in [0.1, 0.15) is 24.0 Å². The molecule has 1 fully saturated rings. The highest BCUT2D eigenvalue weighted by Crippen LogP contribution is 2.51. The van der Waals surface area contributed by atoms with Crippen LogP contribution in [0.5, 0.6) is 5.75 Å². The summed E-state index contributed by atoms with van der Waals surface area (Å²) in [6, 6.07) is 1.80. The second kappa shape index (κ2) is 6.71. The molecule has 1 unspecified atom stereocenters. The van der Waals surface area contributed by atoms with Gasteiger partial charge in [0.1, 0.15) is 22.8 Å². The quantitative estimate of drug-likeness (QED) is 0.286. The van der Waals surface area contributed by atoms with E-state index in [0.29, 0.717) is 16.4 Å². The highest BCUT2D eigenvalue weighted by molar-refractivity contribution is 14.1. The summed E-state index contributed by atoms with van der Waals surface area (Å²) < 4.78 is 1.42. The highest BCUT2D eigenvalue weighted by Gasteiger charge is 2.51. The third kappa shape index (κ3) is 2.69. The lowest BCUT2D eigenvalue weighted by Gasteiger charge is -2.41. The van der Waals surface area contributed by atoms with Crippen molar-refractivity contribution in [2.45, 2.75) is 19.3 Å².